The summed E-state index contributed by atoms with van der Waals surface area (Å²) >= 11 is 0. The molecule has 4 heterocycles. The van der Waals surface area contributed by atoms with Crippen LogP contribution in [-0.4, -0.2) is 32.8 Å². The van der Waals surface area contributed by atoms with Gasteiger partial charge >= 0.3 is 0 Å². The van der Waals surface area contributed by atoms with E-state index in [0.29, 0.717) is 16.9 Å². The zero-order valence-corrected chi connectivity index (χ0v) is 16.8. The molecule has 0 bridgehead atoms. The van der Waals surface area contributed by atoms with Crippen molar-refractivity contribution in [3.8, 4) is 5.75 Å². The van der Waals surface area contributed by atoms with E-state index in [1.807, 2.05) is 13.0 Å². The summed E-state index contributed by atoms with van der Waals surface area (Å²) in [6, 6.07) is 11.5. The third-order valence-electron chi connectivity index (χ3n) is 5.62. The lowest BCUT2D eigenvalue weighted by atomic mass is 9.95. The first kappa shape index (κ1) is 19.1. The summed E-state index contributed by atoms with van der Waals surface area (Å²) in [5.74, 6) is -0.324. The maximum absolute atomic E-state index is 13.0. The van der Waals surface area contributed by atoms with Gasteiger partial charge in [-0.25, -0.2) is 0 Å². The van der Waals surface area contributed by atoms with Crippen LogP contribution in [-0.2, 0) is 22.6 Å². The summed E-state index contributed by atoms with van der Waals surface area (Å²) < 4.78 is 11.1. The predicted octanol–water partition coefficient (Wildman–Crippen LogP) is 3.62. The number of furan rings is 1. The van der Waals surface area contributed by atoms with Gasteiger partial charge in [-0.3, -0.25) is 14.6 Å². The van der Waals surface area contributed by atoms with E-state index in [1.54, 1.807) is 48.8 Å². The Hall–Kier alpha value is -3.87. The Morgan fingerprint density at radius 2 is 2.10 bits per heavy atom. The molecule has 1 fully saturated rings. The summed E-state index contributed by atoms with van der Waals surface area (Å²) in [7, 11) is 0. The number of rotatable bonds is 4. The average Bonchev–Trinajstić information content (AvgIpc) is 3.48. The number of carbonyl (C=O) groups is 2. The Labute approximate surface area is 178 Å². The zero-order chi connectivity index (χ0) is 21.5. The number of aromatic nitrogens is 1. The van der Waals surface area contributed by atoms with Crippen LogP contribution in [0, 0.1) is 0 Å². The molecule has 7 nitrogen and oxygen atoms in total. The van der Waals surface area contributed by atoms with Gasteiger partial charge in [0.05, 0.1) is 24.4 Å². The Morgan fingerprint density at radius 1 is 1.23 bits per heavy atom. The number of aliphatic hydroxyl groups is 1. The lowest BCUT2D eigenvalue weighted by Gasteiger charge is -2.24. The number of likely N-dealkylation sites (tertiary alicyclic amines) is 1. The number of hydrogen-bond acceptors (Lipinski definition) is 6. The molecular weight excluding hydrogens is 396 g/mol. The van der Waals surface area contributed by atoms with Crippen molar-refractivity contribution in [2.24, 2.45) is 0 Å². The Morgan fingerprint density at radius 3 is 2.84 bits per heavy atom. The summed E-state index contributed by atoms with van der Waals surface area (Å²) in [5.41, 5.74) is 2.10. The molecule has 2 atom stereocenters. The lowest BCUT2D eigenvalue weighted by Crippen LogP contribution is -2.29. The number of pyridine rings is 1. The molecule has 5 rings (SSSR count). The molecule has 1 amide bonds. The van der Waals surface area contributed by atoms with Gasteiger partial charge < -0.3 is 19.2 Å². The van der Waals surface area contributed by atoms with Crippen LogP contribution in [0.15, 0.2) is 71.1 Å². The predicted molar refractivity (Wildman–Crippen MR) is 111 cm³/mol. The number of amides is 1. The minimum atomic E-state index is -0.776. The van der Waals surface area contributed by atoms with Crippen LogP contribution >= 0.6 is 0 Å². The third kappa shape index (κ3) is 3.28. The Kier molecular flexibility index (Phi) is 4.58. The second-order valence-corrected chi connectivity index (χ2v) is 7.75. The van der Waals surface area contributed by atoms with Crippen molar-refractivity contribution in [2.45, 2.75) is 32.0 Å². The van der Waals surface area contributed by atoms with Gasteiger partial charge in [0.1, 0.15) is 23.4 Å². The summed E-state index contributed by atoms with van der Waals surface area (Å²) in [5, 5.41) is 11.2. The first-order valence-corrected chi connectivity index (χ1v) is 10.0. The minimum absolute atomic E-state index is 0.0384. The minimum Gasteiger partial charge on any atom is -0.507 e. The van der Waals surface area contributed by atoms with Crippen molar-refractivity contribution in [3.63, 3.8) is 0 Å². The van der Waals surface area contributed by atoms with Gasteiger partial charge in [0, 0.05) is 24.4 Å². The maximum Gasteiger partial charge on any atom is 0.296 e. The van der Waals surface area contributed by atoms with E-state index in [2.05, 4.69) is 4.98 Å². The van der Waals surface area contributed by atoms with E-state index < -0.39 is 17.7 Å². The first-order valence-electron chi connectivity index (χ1n) is 10.0. The molecule has 0 saturated carbocycles. The summed E-state index contributed by atoms with van der Waals surface area (Å²) in [4.78, 5) is 31.5. The van der Waals surface area contributed by atoms with Crippen LogP contribution in [0.2, 0.25) is 0 Å². The third-order valence-corrected chi connectivity index (χ3v) is 5.62. The van der Waals surface area contributed by atoms with Gasteiger partial charge in [0.2, 0.25) is 0 Å². The van der Waals surface area contributed by atoms with E-state index >= 15 is 0 Å². The number of carbonyl (C=O) groups excluding carboxylic acids is 2. The van der Waals surface area contributed by atoms with Gasteiger partial charge in [-0.2, -0.15) is 0 Å². The van der Waals surface area contributed by atoms with Crippen LogP contribution in [0.1, 0.15) is 35.4 Å². The van der Waals surface area contributed by atoms with Crippen molar-refractivity contribution in [3.05, 3.63) is 89.1 Å². The fourth-order valence-corrected chi connectivity index (χ4v) is 4.22. The van der Waals surface area contributed by atoms with E-state index in [0.717, 1.165) is 17.7 Å². The first-order chi connectivity index (χ1) is 15.0. The van der Waals surface area contributed by atoms with Crippen LogP contribution in [0.3, 0.4) is 0 Å². The second kappa shape index (κ2) is 7.43. The SMILES string of the molecule is C[C@H]1Cc2cc(C(O)=C3C(=O)C(=O)N(Cc4ccco4)[C@H]3c3cccnc3)ccc2O1. The van der Waals surface area contributed by atoms with E-state index in [9.17, 15) is 14.7 Å². The second-order valence-electron chi connectivity index (χ2n) is 7.75. The average molecular weight is 416 g/mol. The largest absolute Gasteiger partial charge is 0.507 e. The highest BCUT2D eigenvalue weighted by atomic mass is 16.5. The molecule has 1 aromatic carbocycles. The molecule has 3 aromatic rings. The normalized spacial score (nSPS) is 21.9. The van der Waals surface area contributed by atoms with Crippen molar-refractivity contribution < 1.29 is 23.8 Å². The van der Waals surface area contributed by atoms with Crippen molar-refractivity contribution >= 4 is 17.4 Å². The molecule has 2 aliphatic rings. The van der Waals surface area contributed by atoms with Gasteiger partial charge in [-0.15, -0.1) is 0 Å². The van der Waals surface area contributed by atoms with Gasteiger partial charge in [0.25, 0.3) is 11.7 Å². The molecule has 1 N–H and O–H groups in total. The monoisotopic (exact) mass is 416 g/mol. The molecule has 0 aliphatic carbocycles. The van der Waals surface area contributed by atoms with Crippen molar-refractivity contribution in [1.82, 2.24) is 9.88 Å². The number of ketones is 1. The topological polar surface area (TPSA) is 92.9 Å². The maximum atomic E-state index is 13.0. The number of ether oxygens (including phenoxy) is 1. The quantitative estimate of drug-likeness (QED) is 0.397. The van der Waals surface area contributed by atoms with Gasteiger partial charge in [0.15, 0.2) is 0 Å². The Balaban J connectivity index is 1.62. The number of benzene rings is 1. The van der Waals surface area contributed by atoms with Gasteiger partial charge in [-0.05, 0) is 54.4 Å². The van der Waals surface area contributed by atoms with Crippen LogP contribution in [0.5, 0.6) is 5.75 Å². The highest BCUT2D eigenvalue weighted by Crippen LogP contribution is 2.41. The highest BCUT2D eigenvalue weighted by Gasteiger charge is 2.46. The number of hydrogen-bond donors (Lipinski definition) is 1. The fraction of sp³-hybridized carbons (Fsp3) is 0.208. The van der Waals surface area contributed by atoms with Crippen molar-refractivity contribution in [1.29, 1.82) is 0 Å². The van der Waals surface area contributed by atoms with E-state index in [-0.39, 0.29) is 24.0 Å². The molecule has 2 aliphatic heterocycles. The van der Waals surface area contributed by atoms with E-state index in [1.165, 1.54) is 11.2 Å². The summed E-state index contributed by atoms with van der Waals surface area (Å²) in [6.45, 7) is 2.07. The molecular formula is C24H20N2O5. The lowest BCUT2D eigenvalue weighted by molar-refractivity contribution is -0.140. The Bertz CT molecular complexity index is 1180. The fourth-order valence-electron chi connectivity index (χ4n) is 4.22. The molecule has 0 radical (unpaired) electrons. The van der Waals surface area contributed by atoms with Gasteiger partial charge in [-0.1, -0.05) is 6.07 Å². The van der Waals surface area contributed by atoms with Crippen LogP contribution < -0.4 is 4.74 Å². The molecule has 7 heteroatoms. The molecule has 0 spiro atoms. The van der Waals surface area contributed by atoms with Crippen LogP contribution in [0.25, 0.3) is 5.76 Å². The smallest absolute Gasteiger partial charge is 0.296 e. The summed E-state index contributed by atoms with van der Waals surface area (Å²) in [6.07, 6.45) is 5.50. The molecule has 0 unspecified atom stereocenters. The number of aliphatic hydroxyl groups excluding tert-OH is 1. The molecule has 156 valence electrons. The zero-order valence-electron chi connectivity index (χ0n) is 16.8. The number of nitrogens with zero attached hydrogens (tertiary/aromatic N) is 2. The standard InChI is InChI=1S/C24H20N2O5/c1-14-10-17-11-15(6-7-19(17)31-14)22(27)20-21(16-4-2-8-25-12-16)26(24(29)23(20)28)13-18-5-3-9-30-18/h2-9,11-12,14,21,27H,10,13H2,1H3/t14-,21-/m0/s1. The number of fused-ring (bicyclic) bond motifs is 1. The molecule has 31 heavy (non-hydrogen) atoms. The van der Waals surface area contributed by atoms with Crippen molar-refractivity contribution in [2.75, 3.05) is 0 Å². The molecule has 1 saturated heterocycles. The van der Waals surface area contributed by atoms with E-state index in [4.69, 9.17) is 9.15 Å². The molecule has 2 aromatic heterocycles. The highest BCUT2D eigenvalue weighted by molar-refractivity contribution is 6.46. The van der Waals surface area contributed by atoms with Crippen LogP contribution in [0.4, 0.5) is 0 Å². The number of Topliss-reactive ketones (excluding diaryl/α,β-unsaturated/α-hetero) is 1.